The molecule has 1 fully saturated rings. The highest BCUT2D eigenvalue weighted by molar-refractivity contribution is 5.29. The fourth-order valence-corrected chi connectivity index (χ4v) is 1.98. The van der Waals surface area contributed by atoms with Gasteiger partial charge < -0.3 is 5.32 Å². The highest BCUT2D eigenvalue weighted by atomic mass is 19.3. The van der Waals surface area contributed by atoms with Gasteiger partial charge in [-0.05, 0) is 5.56 Å². The molecule has 1 heterocycles. The van der Waals surface area contributed by atoms with Crippen LogP contribution in [0.5, 0.6) is 0 Å². The molecule has 1 saturated heterocycles. The zero-order chi connectivity index (χ0) is 11.6. The first-order valence-corrected chi connectivity index (χ1v) is 5.82. The maximum absolute atomic E-state index is 13.6. The van der Waals surface area contributed by atoms with Crippen LogP contribution in [0.2, 0.25) is 0 Å². The summed E-state index contributed by atoms with van der Waals surface area (Å²) < 4.78 is 27.1. The third kappa shape index (κ3) is 2.24. The van der Waals surface area contributed by atoms with Crippen LogP contribution in [-0.2, 0) is 5.92 Å². The van der Waals surface area contributed by atoms with Crippen LogP contribution in [0.25, 0.3) is 0 Å². The Kier molecular flexibility index (Phi) is 3.24. The molecular formula is C13H17F2N. The lowest BCUT2D eigenvalue weighted by molar-refractivity contribution is -0.0140. The number of nitrogens with one attached hydrogen (secondary N) is 1. The monoisotopic (exact) mass is 225 g/mol. The average Bonchev–Trinajstić information content (AvgIpc) is 2.16. The van der Waals surface area contributed by atoms with Crippen LogP contribution in [0.4, 0.5) is 8.78 Å². The zero-order valence-electron chi connectivity index (χ0n) is 9.47. The van der Waals surface area contributed by atoms with Gasteiger partial charge in [0.15, 0.2) is 0 Å². The standard InChI is InChI=1S/C13H17F2N/c1-2-7-13(14,15)12-5-3-10(4-6-12)11-8-16-9-11/h3-6,11,16H,2,7-9H2,1H3. The molecule has 1 nitrogen and oxygen atoms in total. The minimum absolute atomic E-state index is 0.0721. The van der Waals surface area contributed by atoms with E-state index in [1.54, 1.807) is 19.1 Å². The van der Waals surface area contributed by atoms with Gasteiger partial charge in [0.1, 0.15) is 0 Å². The number of hydrogen-bond acceptors (Lipinski definition) is 1. The van der Waals surface area contributed by atoms with Crippen molar-refractivity contribution in [3.05, 3.63) is 35.4 Å². The quantitative estimate of drug-likeness (QED) is 0.829. The highest BCUT2D eigenvalue weighted by Crippen LogP contribution is 2.33. The minimum Gasteiger partial charge on any atom is -0.315 e. The van der Waals surface area contributed by atoms with Crippen molar-refractivity contribution in [2.24, 2.45) is 0 Å². The fraction of sp³-hybridized carbons (Fsp3) is 0.538. The number of halogens is 2. The molecule has 1 aromatic rings. The molecule has 88 valence electrons. The molecule has 0 amide bonds. The topological polar surface area (TPSA) is 12.0 Å². The molecule has 0 unspecified atom stereocenters. The second kappa shape index (κ2) is 4.50. The van der Waals surface area contributed by atoms with Crippen LogP contribution in [0, 0.1) is 0 Å². The van der Waals surface area contributed by atoms with Crippen LogP contribution in [0.15, 0.2) is 24.3 Å². The average molecular weight is 225 g/mol. The summed E-state index contributed by atoms with van der Waals surface area (Å²) in [5.74, 6) is -2.17. The van der Waals surface area contributed by atoms with Crippen LogP contribution in [0.1, 0.15) is 36.8 Å². The molecule has 1 N–H and O–H groups in total. The normalized spacial score (nSPS) is 17.2. The molecule has 1 aliphatic rings. The van der Waals surface area contributed by atoms with E-state index >= 15 is 0 Å². The zero-order valence-corrected chi connectivity index (χ0v) is 9.47. The van der Waals surface area contributed by atoms with Gasteiger partial charge in [0.05, 0.1) is 0 Å². The molecule has 2 rings (SSSR count). The van der Waals surface area contributed by atoms with Crippen molar-refractivity contribution in [1.82, 2.24) is 5.32 Å². The SMILES string of the molecule is CCCC(F)(F)c1ccc(C2CNC2)cc1. The summed E-state index contributed by atoms with van der Waals surface area (Å²) in [6.07, 6.45) is 0.429. The molecule has 0 saturated carbocycles. The lowest BCUT2D eigenvalue weighted by atomic mass is 9.92. The van der Waals surface area contributed by atoms with Crippen molar-refractivity contribution in [1.29, 1.82) is 0 Å². The molecule has 0 radical (unpaired) electrons. The van der Waals surface area contributed by atoms with Gasteiger partial charge in [-0.25, -0.2) is 8.78 Å². The van der Waals surface area contributed by atoms with E-state index in [2.05, 4.69) is 5.32 Å². The van der Waals surface area contributed by atoms with Gasteiger partial charge in [-0.2, -0.15) is 0 Å². The first kappa shape index (κ1) is 11.5. The van der Waals surface area contributed by atoms with Crippen LogP contribution in [0.3, 0.4) is 0 Å². The predicted octanol–water partition coefficient (Wildman–Crippen LogP) is 3.27. The maximum Gasteiger partial charge on any atom is 0.273 e. The summed E-state index contributed by atoms with van der Waals surface area (Å²) in [4.78, 5) is 0. The van der Waals surface area contributed by atoms with Crippen molar-refractivity contribution in [2.45, 2.75) is 31.6 Å². The molecule has 0 spiro atoms. The molecular weight excluding hydrogens is 208 g/mol. The summed E-state index contributed by atoms with van der Waals surface area (Å²) in [7, 11) is 0. The van der Waals surface area contributed by atoms with Crippen molar-refractivity contribution in [2.75, 3.05) is 13.1 Å². The van der Waals surface area contributed by atoms with Gasteiger partial charge in [0, 0.05) is 31.0 Å². The van der Waals surface area contributed by atoms with Crippen LogP contribution < -0.4 is 5.32 Å². The van der Waals surface area contributed by atoms with E-state index < -0.39 is 5.92 Å². The third-order valence-corrected chi connectivity index (χ3v) is 3.15. The van der Waals surface area contributed by atoms with E-state index in [1.165, 1.54) is 0 Å². The lowest BCUT2D eigenvalue weighted by Gasteiger charge is -2.28. The number of hydrogen-bond donors (Lipinski definition) is 1. The van der Waals surface area contributed by atoms with Crippen molar-refractivity contribution >= 4 is 0 Å². The second-order valence-corrected chi connectivity index (χ2v) is 4.43. The lowest BCUT2D eigenvalue weighted by Crippen LogP contribution is -2.39. The van der Waals surface area contributed by atoms with Crippen molar-refractivity contribution in [3.63, 3.8) is 0 Å². The van der Waals surface area contributed by atoms with E-state index in [4.69, 9.17) is 0 Å². The van der Waals surface area contributed by atoms with Gasteiger partial charge in [-0.3, -0.25) is 0 Å². The predicted molar refractivity (Wildman–Crippen MR) is 60.9 cm³/mol. The van der Waals surface area contributed by atoms with Gasteiger partial charge in [0.25, 0.3) is 5.92 Å². The first-order chi connectivity index (χ1) is 7.63. The molecule has 1 aromatic carbocycles. The molecule has 0 bridgehead atoms. The summed E-state index contributed by atoms with van der Waals surface area (Å²) in [6.45, 7) is 3.71. The van der Waals surface area contributed by atoms with Gasteiger partial charge in [0.2, 0.25) is 0 Å². The Hall–Kier alpha value is -0.960. The third-order valence-electron chi connectivity index (χ3n) is 3.15. The second-order valence-electron chi connectivity index (χ2n) is 4.43. The van der Waals surface area contributed by atoms with Gasteiger partial charge in [-0.15, -0.1) is 0 Å². The highest BCUT2D eigenvalue weighted by Gasteiger charge is 2.30. The molecule has 0 aromatic heterocycles. The number of benzene rings is 1. The van der Waals surface area contributed by atoms with Crippen molar-refractivity contribution < 1.29 is 8.78 Å². The Balaban J connectivity index is 2.11. The molecule has 16 heavy (non-hydrogen) atoms. The van der Waals surface area contributed by atoms with E-state index in [0.717, 1.165) is 18.7 Å². The van der Waals surface area contributed by atoms with Crippen molar-refractivity contribution in [3.8, 4) is 0 Å². The Morgan fingerprint density at radius 1 is 1.25 bits per heavy atom. The van der Waals surface area contributed by atoms with Crippen LogP contribution in [-0.4, -0.2) is 13.1 Å². The van der Waals surface area contributed by atoms with E-state index in [-0.39, 0.29) is 12.0 Å². The van der Waals surface area contributed by atoms with E-state index in [0.29, 0.717) is 12.3 Å². The largest absolute Gasteiger partial charge is 0.315 e. The number of alkyl halides is 2. The van der Waals surface area contributed by atoms with Gasteiger partial charge >= 0.3 is 0 Å². The Labute approximate surface area is 94.9 Å². The Morgan fingerprint density at radius 2 is 1.88 bits per heavy atom. The summed E-state index contributed by atoms with van der Waals surface area (Å²) in [6, 6.07) is 6.82. The van der Waals surface area contributed by atoms with E-state index in [9.17, 15) is 8.78 Å². The fourth-order valence-electron chi connectivity index (χ4n) is 1.98. The first-order valence-electron chi connectivity index (χ1n) is 5.82. The Bertz CT molecular complexity index is 341. The molecule has 0 atom stereocenters. The summed E-state index contributed by atoms with van der Waals surface area (Å²) in [5.41, 5.74) is 1.31. The van der Waals surface area contributed by atoms with Gasteiger partial charge in [-0.1, -0.05) is 37.6 Å². The number of rotatable bonds is 4. The van der Waals surface area contributed by atoms with E-state index in [1.807, 2.05) is 12.1 Å². The molecule has 1 aliphatic heterocycles. The minimum atomic E-state index is -2.68. The maximum atomic E-state index is 13.6. The molecule has 3 heteroatoms. The molecule has 0 aliphatic carbocycles. The summed E-state index contributed by atoms with van der Waals surface area (Å²) >= 11 is 0. The Morgan fingerprint density at radius 3 is 2.31 bits per heavy atom. The van der Waals surface area contributed by atoms with Crippen LogP contribution >= 0.6 is 0 Å². The smallest absolute Gasteiger partial charge is 0.273 e. The summed E-state index contributed by atoms with van der Waals surface area (Å²) in [5, 5.41) is 3.18.